The van der Waals surface area contributed by atoms with Gasteiger partial charge in [0.1, 0.15) is 18.3 Å². The Morgan fingerprint density at radius 2 is 2.21 bits per heavy atom. The maximum atomic E-state index is 11.3. The van der Waals surface area contributed by atoms with Crippen LogP contribution in [-0.4, -0.2) is 56.5 Å². The first-order valence-corrected chi connectivity index (χ1v) is 5.54. The molecule has 4 unspecified atom stereocenters. The van der Waals surface area contributed by atoms with Gasteiger partial charge in [-0.1, -0.05) is 0 Å². The molecule has 1 aromatic rings. The number of ether oxygens (including phenoxy) is 1. The smallest absolute Gasteiger partial charge is 0.334 e. The van der Waals surface area contributed by atoms with Crippen LogP contribution in [-0.2, 0) is 9.62 Å². The fraction of sp³-hybridized carbons (Fsp3) is 0.600. The first-order chi connectivity index (χ1) is 9.02. The van der Waals surface area contributed by atoms with Crippen molar-refractivity contribution >= 4 is 0 Å². The summed E-state index contributed by atoms with van der Waals surface area (Å²) in [5.41, 5.74) is 0.00928. The molecule has 0 spiro atoms. The number of aryl methyl sites for hydroxylation is 1. The van der Waals surface area contributed by atoms with Crippen LogP contribution in [0.1, 0.15) is 5.56 Å². The van der Waals surface area contributed by atoms with Gasteiger partial charge in [0, 0.05) is 11.8 Å². The van der Waals surface area contributed by atoms with E-state index < -0.39 is 36.8 Å². The topological polar surface area (TPSA) is 134 Å². The minimum atomic E-state index is -1.38. The largest absolute Gasteiger partial charge is 0.394 e. The number of hydrogen-bond donors (Lipinski definition) is 4. The highest BCUT2D eigenvalue weighted by Gasteiger charge is 2.44. The molecule has 4 atom stereocenters. The van der Waals surface area contributed by atoms with Gasteiger partial charge in [0.15, 0.2) is 0 Å². The molecule has 0 bridgehead atoms. The van der Waals surface area contributed by atoms with Crippen LogP contribution in [0.2, 0.25) is 0 Å². The number of aromatic amines is 1. The average Bonchev–Trinajstić information content (AvgIpc) is 2.67. The van der Waals surface area contributed by atoms with E-state index in [-0.39, 0.29) is 6.01 Å². The summed E-state index contributed by atoms with van der Waals surface area (Å²) in [5, 5.41) is 27.9. The second-order valence-corrected chi connectivity index (χ2v) is 4.09. The summed E-state index contributed by atoms with van der Waals surface area (Å²) in [4.78, 5) is 26.7. The van der Waals surface area contributed by atoms with Crippen molar-refractivity contribution in [3.05, 3.63) is 22.1 Å². The second kappa shape index (κ2) is 5.63. The predicted octanol–water partition coefficient (Wildman–Crippen LogP) is -2.17. The summed E-state index contributed by atoms with van der Waals surface area (Å²) in [5.74, 6) is 0. The van der Waals surface area contributed by atoms with Gasteiger partial charge in [0.2, 0.25) is 6.29 Å². The Morgan fingerprint density at radius 3 is 2.79 bits per heavy atom. The van der Waals surface area contributed by atoms with Crippen LogP contribution in [0.3, 0.4) is 0 Å². The van der Waals surface area contributed by atoms with Crippen LogP contribution in [0.25, 0.3) is 0 Å². The van der Waals surface area contributed by atoms with Gasteiger partial charge in [0.05, 0.1) is 6.61 Å². The van der Waals surface area contributed by atoms with Crippen molar-refractivity contribution in [2.75, 3.05) is 6.61 Å². The first-order valence-electron chi connectivity index (χ1n) is 5.54. The molecule has 0 aromatic carbocycles. The van der Waals surface area contributed by atoms with Crippen LogP contribution in [0.4, 0.5) is 0 Å². The minimum absolute atomic E-state index is 0.215. The zero-order valence-corrected chi connectivity index (χ0v) is 10.0. The SMILES string of the molecule is Cc1cnc(OOC2OC(CO)C(O)C2O)[nH]c1=O. The predicted molar refractivity (Wildman–Crippen MR) is 59.1 cm³/mol. The van der Waals surface area contributed by atoms with E-state index in [2.05, 4.69) is 9.97 Å². The summed E-state index contributed by atoms with van der Waals surface area (Å²) in [6.45, 7) is 1.10. The van der Waals surface area contributed by atoms with E-state index >= 15 is 0 Å². The molecule has 19 heavy (non-hydrogen) atoms. The Labute approximate surface area is 107 Å². The van der Waals surface area contributed by atoms with Crippen molar-refractivity contribution in [3.63, 3.8) is 0 Å². The van der Waals surface area contributed by atoms with E-state index in [1.54, 1.807) is 6.92 Å². The Bertz CT molecular complexity index is 491. The molecule has 2 rings (SSSR count). The highest BCUT2D eigenvalue weighted by Crippen LogP contribution is 2.22. The Balaban J connectivity index is 1.95. The van der Waals surface area contributed by atoms with Crippen molar-refractivity contribution in [3.8, 4) is 6.01 Å². The number of aromatic nitrogens is 2. The summed E-state index contributed by atoms with van der Waals surface area (Å²) < 4.78 is 4.99. The fourth-order valence-electron chi connectivity index (χ4n) is 1.52. The molecular formula is C10H14N2O7. The van der Waals surface area contributed by atoms with Gasteiger partial charge < -0.3 is 20.1 Å². The Hall–Kier alpha value is -1.52. The normalized spacial score (nSPS) is 30.5. The number of hydrogen-bond acceptors (Lipinski definition) is 8. The van der Waals surface area contributed by atoms with E-state index in [1.807, 2.05) is 0 Å². The molecule has 106 valence electrons. The highest BCUT2D eigenvalue weighted by atomic mass is 17.2. The first kappa shape index (κ1) is 13.9. The third-order valence-electron chi connectivity index (χ3n) is 2.67. The van der Waals surface area contributed by atoms with E-state index in [0.717, 1.165) is 0 Å². The number of rotatable bonds is 4. The quantitative estimate of drug-likeness (QED) is 0.360. The van der Waals surface area contributed by atoms with Crippen molar-refractivity contribution < 1.29 is 29.8 Å². The lowest BCUT2D eigenvalue weighted by atomic mass is 10.1. The van der Waals surface area contributed by atoms with Crippen molar-refractivity contribution in [1.82, 2.24) is 9.97 Å². The maximum Gasteiger partial charge on any atom is 0.334 e. The standard InChI is InChI=1S/C10H14N2O7/c1-4-2-11-10(12-8(4)16)19-18-9-7(15)6(14)5(3-13)17-9/h2,5-7,9,13-15H,3H2,1H3,(H,11,12,16). The summed E-state index contributed by atoms with van der Waals surface area (Å²) in [7, 11) is 0. The van der Waals surface area contributed by atoms with Crippen LogP contribution < -0.4 is 10.4 Å². The van der Waals surface area contributed by atoms with Crippen LogP contribution in [0.5, 0.6) is 6.01 Å². The summed E-state index contributed by atoms with van der Waals surface area (Å²) in [6, 6.07) is -0.215. The molecule has 9 nitrogen and oxygen atoms in total. The average molecular weight is 274 g/mol. The van der Waals surface area contributed by atoms with Gasteiger partial charge in [-0.15, -0.1) is 4.89 Å². The molecule has 9 heteroatoms. The van der Waals surface area contributed by atoms with Gasteiger partial charge in [0.25, 0.3) is 5.56 Å². The molecule has 0 aliphatic carbocycles. The molecule has 1 fully saturated rings. The second-order valence-electron chi connectivity index (χ2n) is 4.09. The van der Waals surface area contributed by atoms with Crippen molar-refractivity contribution in [2.24, 2.45) is 0 Å². The fourth-order valence-corrected chi connectivity index (χ4v) is 1.52. The highest BCUT2D eigenvalue weighted by molar-refractivity contribution is 5.04. The van der Waals surface area contributed by atoms with Crippen molar-refractivity contribution in [2.45, 2.75) is 31.5 Å². The van der Waals surface area contributed by atoms with Gasteiger partial charge in [-0.25, -0.2) is 4.98 Å². The third kappa shape index (κ3) is 2.91. The molecule has 1 aliphatic rings. The molecule has 2 heterocycles. The maximum absolute atomic E-state index is 11.3. The van der Waals surface area contributed by atoms with E-state index in [4.69, 9.17) is 19.6 Å². The number of nitrogens with one attached hydrogen (secondary N) is 1. The number of aliphatic hydroxyl groups is 3. The van der Waals surface area contributed by atoms with Gasteiger partial charge in [-0.05, 0) is 6.92 Å². The van der Waals surface area contributed by atoms with Crippen LogP contribution in [0.15, 0.2) is 11.0 Å². The molecule has 1 aromatic heterocycles. The summed E-state index contributed by atoms with van der Waals surface area (Å²) >= 11 is 0. The lowest BCUT2D eigenvalue weighted by Gasteiger charge is -2.13. The lowest BCUT2D eigenvalue weighted by molar-refractivity contribution is -0.332. The number of nitrogens with zero attached hydrogens (tertiary/aromatic N) is 1. The van der Waals surface area contributed by atoms with Crippen LogP contribution in [0, 0.1) is 6.92 Å². The Kier molecular flexibility index (Phi) is 4.12. The molecule has 1 aliphatic heterocycles. The summed E-state index contributed by atoms with van der Waals surface area (Å²) in [6.07, 6.45) is -3.64. The zero-order valence-electron chi connectivity index (χ0n) is 10.0. The number of H-pyrrole nitrogens is 1. The minimum Gasteiger partial charge on any atom is -0.394 e. The third-order valence-corrected chi connectivity index (χ3v) is 2.67. The van der Waals surface area contributed by atoms with E-state index in [0.29, 0.717) is 5.56 Å². The molecule has 0 saturated carbocycles. The van der Waals surface area contributed by atoms with E-state index in [9.17, 15) is 15.0 Å². The molecule has 1 saturated heterocycles. The molecule has 4 N–H and O–H groups in total. The monoisotopic (exact) mass is 274 g/mol. The van der Waals surface area contributed by atoms with Crippen LogP contribution >= 0.6 is 0 Å². The van der Waals surface area contributed by atoms with Gasteiger partial charge in [-0.2, -0.15) is 0 Å². The van der Waals surface area contributed by atoms with Gasteiger partial charge >= 0.3 is 6.01 Å². The molecular weight excluding hydrogens is 260 g/mol. The lowest BCUT2D eigenvalue weighted by Crippen LogP contribution is -2.35. The molecule has 0 amide bonds. The zero-order chi connectivity index (χ0) is 14.0. The van der Waals surface area contributed by atoms with Crippen molar-refractivity contribution in [1.29, 1.82) is 0 Å². The Morgan fingerprint density at radius 1 is 1.47 bits per heavy atom. The molecule has 0 radical (unpaired) electrons. The number of aliphatic hydroxyl groups excluding tert-OH is 3. The van der Waals surface area contributed by atoms with E-state index in [1.165, 1.54) is 6.20 Å². The van der Waals surface area contributed by atoms with Gasteiger partial charge in [-0.3, -0.25) is 14.7 Å².